The number of carbonyl (C=O) groups is 3. The van der Waals surface area contributed by atoms with Crippen molar-refractivity contribution in [3.05, 3.63) is 29.8 Å². The molecule has 19 heavy (non-hydrogen) atoms. The predicted octanol–water partition coefficient (Wildman–Crippen LogP) is 0.816. The molecule has 100 valence electrons. The smallest absolute Gasteiger partial charge is 0.269 e. The van der Waals surface area contributed by atoms with Crippen LogP contribution in [0.4, 0.5) is 5.69 Å². The second kappa shape index (κ2) is 5.51. The third-order valence-corrected chi connectivity index (χ3v) is 2.69. The van der Waals surface area contributed by atoms with E-state index < -0.39 is 5.91 Å². The second-order valence-electron chi connectivity index (χ2n) is 4.48. The highest BCUT2D eigenvalue weighted by Crippen LogP contribution is 2.28. The molecule has 0 heterocycles. The van der Waals surface area contributed by atoms with Gasteiger partial charge in [0.05, 0.1) is 0 Å². The Morgan fingerprint density at radius 1 is 1.16 bits per heavy atom. The highest BCUT2D eigenvalue weighted by Gasteiger charge is 2.29. The fraction of sp³-hybridized carbons (Fsp3) is 0.308. The van der Waals surface area contributed by atoms with E-state index in [-0.39, 0.29) is 17.7 Å². The summed E-state index contributed by atoms with van der Waals surface area (Å²) < 4.78 is 0. The molecule has 0 bridgehead atoms. The van der Waals surface area contributed by atoms with Gasteiger partial charge in [-0.15, -0.1) is 0 Å². The monoisotopic (exact) mass is 261 g/mol. The van der Waals surface area contributed by atoms with Crippen molar-refractivity contribution in [2.75, 3.05) is 5.32 Å². The molecule has 1 aromatic carbocycles. The minimum Gasteiger partial charge on any atom is -0.326 e. The Morgan fingerprint density at radius 2 is 1.89 bits per heavy atom. The van der Waals surface area contributed by atoms with Crippen LogP contribution >= 0.6 is 0 Å². The third-order valence-electron chi connectivity index (χ3n) is 2.69. The zero-order valence-corrected chi connectivity index (χ0v) is 10.5. The summed E-state index contributed by atoms with van der Waals surface area (Å²) in [4.78, 5) is 34.1. The van der Waals surface area contributed by atoms with E-state index in [9.17, 15) is 14.4 Å². The number of carbonyl (C=O) groups excluding carboxylic acids is 3. The molecule has 1 saturated carbocycles. The van der Waals surface area contributed by atoms with Crippen molar-refractivity contribution in [2.45, 2.75) is 19.8 Å². The minimum atomic E-state index is -0.416. The summed E-state index contributed by atoms with van der Waals surface area (Å²) in [7, 11) is 0. The van der Waals surface area contributed by atoms with Crippen LogP contribution in [0.5, 0.6) is 0 Å². The largest absolute Gasteiger partial charge is 0.326 e. The Morgan fingerprint density at radius 3 is 2.53 bits per heavy atom. The van der Waals surface area contributed by atoms with E-state index in [1.807, 2.05) is 0 Å². The first-order valence-corrected chi connectivity index (χ1v) is 6.04. The highest BCUT2D eigenvalue weighted by atomic mass is 16.2. The lowest BCUT2D eigenvalue weighted by Crippen LogP contribution is -2.42. The number of amides is 3. The molecule has 6 heteroatoms. The second-order valence-corrected chi connectivity index (χ2v) is 4.48. The normalized spacial score (nSPS) is 13.5. The Hall–Kier alpha value is -2.37. The first kappa shape index (κ1) is 13.1. The van der Waals surface area contributed by atoms with Gasteiger partial charge in [0.15, 0.2) is 0 Å². The van der Waals surface area contributed by atoms with E-state index in [0.717, 1.165) is 12.8 Å². The van der Waals surface area contributed by atoms with Crippen LogP contribution in [0.3, 0.4) is 0 Å². The molecule has 6 nitrogen and oxygen atoms in total. The number of anilines is 1. The number of hydrogen-bond acceptors (Lipinski definition) is 3. The zero-order valence-electron chi connectivity index (χ0n) is 10.5. The quantitative estimate of drug-likeness (QED) is 0.704. The fourth-order valence-corrected chi connectivity index (χ4v) is 1.58. The van der Waals surface area contributed by atoms with Crippen LogP contribution in [0.25, 0.3) is 0 Å². The molecule has 3 N–H and O–H groups in total. The third kappa shape index (κ3) is 3.80. The van der Waals surface area contributed by atoms with Crippen molar-refractivity contribution >= 4 is 23.4 Å². The summed E-state index contributed by atoms with van der Waals surface area (Å²) in [6.07, 6.45) is 1.75. The molecule has 0 aliphatic heterocycles. The standard InChI is InChI=1S/C13H15N3O3/c1-8(17)14-11-4-2-3-10(7-11)13(19)16-15-12(18)9-5-6-9/h2-4,7,9H,5-6H2,1H3,(H,14,17)(H,15,18)(H,16,19). The van der Waals surface area contributed by atoms with Gasteiger partial charge in [-0.05, 0) is 31.0 Å². The summed E-state index contributed by atoms with van der Waals surface area (Å²) in [6, 6.07) is 6.48. The first-order valence-electron chi connectivity index (χ1n) is 6.04. The molecular formula is C13H15N3O3. The van der Waals surface area contributed by atoms with Gasteiger partial charge in [0.1, 0.15) is 0 Å². The van der Waals surface area contributed by atoms with E-state index in [1.54, 1.807) is 24.3 Å². The summed E-state index contributed by atoms with van der Waals surface area (Å²) in [5.74, 6) is -0.752. The Bertz CT molecular complexity index is 524. The lowest BCUT2D eigenvalue weighted by atomic mass is 10.2. The maximum atomic E-state index is 11.8. The number of rotatable bonds is 3. The van der Waals surface area contributed by atoms with Crippen molar-refractivity contribution in [3.63, 3.8) is 0 Å². The van der Waals surface area contributed by atoms with Crippen LogP contribution in [0, 0.1) is 5.92 Å². The molecule has 2 rings (SSSR count). The molecule has 0 radical (unpaired) electrons. The van der Waals surface area contributed by atoms with E-state index >= 15 is 0 Å². The van der Waals surface area contributed by atoms with Gasteiger partial charge >= 0.3 is 0 Å². The van der Waals surface area contributed by atoms with Gasteiger partial charge in [-0.25, -0.2) is 0 Å². The number of hydrogen-bond donors (Lipinski definition) is 3. The van der Waals surface area contributed by atoms with Crippen LogP contribution in [0.15, 0.2) is 24.3 Å². The van der Waals surface area contributed by atoms with Crippen molar-refractivity contribution < 1.29 is 14.4 Å². The lowest BCUT2D eigenvalue weighted by Gasteiger charge is -2.08. The Kier molecular flexibility index (Phi) is 3.79. The van der Waals surface area contributed by atoms with Gasteiger partial charge in [-0.2, -0.15) is 0 Å². The molecule has 0 unspecified atom stereocenters. The zero-order chi connectivity index (χ0) is 13.8. The topological polar surface area (TPSA) is 87.3 Å². The summed E-state index contributed by atoms with van der Waals surface area (Å²) >= 11 is 0. The summed E-state index contributed by atoms with van der Waals surface area (Å²) in [5, 5.41) is 2.59. The van der Waals surface area contributed by atoms with E-state index in [2.05, 4.69) is 16.2 Å². The maximum absolute atomic E-state index is 11.8. The van der Waals surface area contributed by atoms with Gasteiger partial charge in [0, 0.05) is 24.1 Å². The number of benzene rings is 1. The van der Waals surface area contributed by atoms with Crippen LogP contribution in [0.1, 0.15) is 30.1 Å². The molecule has 0 atom stereocenters. The molecular weight excluding hydrogens is 246 g/mol. The molecule has 0 aromatic heterocycles. The van der Waals surface area contributed by atoms with Crippen LogP contribution in [-0.4, -0.2) is 17.7 Å². The van der Waals surface area contributed by atoms with E-state index in [1.165, 1.54) is 6.92 Å². The maximum Gasteiger partial charge on any atom is 0.269 e. The van der Waals surface area contributed by atoms with Gasteiger partial charge in [0.2, 0.25) is 11.8 Å². The van der Waals surface area contributed by atoms with E-state index in [0.29, 0.717) is 11.3 Å². The molecule has 1 aromatic rings. The van der Waals surface area contributed by atoms with Crippen molar-refractivity contribution in [1.82, 2.24) is 10.9 Å². The van der Waals surface area contributed by atoms with Crippen LogP contribution in [-0.2, 0) is 9.59 Å². The minimum absolute atomic E-state index is 0.0333. The number of hydrazine groups is 1. The molecule has 0 spiro atoms. The molecule has 3 amide bonds. The lowest BCUT2D eigenvalue weighted by molar-refractivity contribution is -0.123. The first-order chi connectivity index (χ1) is 9.06. The van der Waals surface area contributed by atoms with Crippen molar-refractivity contribution in [2.24, 2.45) is 5.92 Å². The van der Waals surface area contributed by atoms with Crippen LogP contribution < -0.4 is 16.2 Å². The average molecular weight is 261 g/mol. The molecule has 0 saturated heterocycles. The Balaban J connectivity index is 1.93. The molecule has 1 aliphatic carbocycles. The Labute approximate surface area is 110 Å². The van der Waals surface area contributed by atoms with Crippen LogP contribution in [0.2, 0.25) is 0 Å². The van der Waals surface area contributed by atoms with Crippen molar-refractivity contribution in [3.8, 4) is 0 Å². The van der Waals surface area contributed by atoms with Crippen molar-refractivity contribution in [1.29, 1.82) is 0 Å². The highest BCUT2D eigenvalue weighted by molar-refractivity contribution is 5.97. The van der Waals surface area contributed by atoms with E-state index in [4.69, 9.17) is 0 Å². The van der Waals surface area contributed by atoms with Gasteiger partial charge < -0.3 is 5.32 Å². The molecule has 1 fully saturated rings. The van der Waals surface area contributed by atoms with Gasteiger partial charge in [-0.1, -0.05) is 6.07 Å². The SMILES string of the molecule is CC(=O)Nc1cccc(C(=O)NNC(=O)C2CC2)c1. The summed E-state index contributed by atoms with van der Waals surface area (Å²) in [6.45, 7) is 1.39. The van der Waals surface area contributed by atoms with Gasteiger partial charge in [-0.3, -0.25) is 25.2 Å². The average Bonchev–Trinajstić information content (AvgIpc) is 3.19. The summed E-state index contributed by atoms with van der Waals surface area (Å²) in [5.41, 5.74) is 5.63. The number of nitrogens with one attached hydrogen (secondary N) is 3. The van der Waals surface area contributed by atoms with Gasteiger partial charge in [0.25, 0.3) is 5.91 Å². The molecule has 1 aliphatic rings. The predicted molar refractivity (Wildman–Crippen MR) is 69.1 cm³/mol. The fourth-order valence-electron chi connectivity index (χ4n) is 1.58.